The molecule has 1 amide bonds. The quantitative estimate of drug-likeness (QED) is 0.192. The summed E-state index contributed by atoms with van der Waals surface area (Å²) >= 11 is 7.78. The Labute approximate surface area is 236 Å². The normalized spacial score (nSPS) is 14.7. The number of amides is 1. The van der Waals surface area contributed by atoms with Crippen LogP contribution in [0.4, 0.5) is 5.69 Å². The summed E-state index contributed by atoms with van der Waals surface area (Å²) in [7, 11) is 0. The van der Waals surface area contributed by atoms with Gasteiger partial charge in [-0.2, -0.15) is 0 Å². The molecule has 4 rings (SSSR count). The number of carbonyl (C=O) groups excluding carboxylic acids is 1. The average Bonchev–Trinajstić information content (AvgIpc) is 2.96. The highest BCUT2D eigenvalue weighted by molar-refractivity contribution is 8.00. The number of hydrogen-bond donors (Lipinski definition) is 0. The highest BCUT2D eigenvalue weighted by Crippen LogP contribution is 2.31. The van der Waals surface area contributed by atoms with Crippen LogP contribution in [0.5, 0.6) is 0 Å². The van der Waals surface area contributed by atoms with Crippen molar-refractivity contribution in [3.8, 4) is 0 Å². The van der Waals surface area contributed by atoms with Crippen LogP contribution in [-0.4, -0.2) is 48.4 Å². The molecule has 1 fully saturated rings. The maximum Gasteiger partial charge on any atom is 0.253 e. The molecule has 0 aromatic heterocycles. The molecule has 0 N–H and O–H groups in total. The summed E-state index contributed by atoms with van der Waals surface area (Å²) in [4.78, 5) is 18.8. The number of hydrogen-bond acceptors (Lipinski definition) is 4. The molecule has 4 nitrogen and oxygen atoms in total. The van der Waals surface area contributed by atoms with E-state index in [2.05, 4.69) is 65.5 Å². The van der Waals surface area contributed by atoms with E-state index in [1.165, 1.54) is 11.1 Å². The third-order valence-corrected chi connectivity index (χ3v) is 7.90. The largest absolute Gasteiger partial charge is 0.336 e. The lowest BCUT2D eigenvalue weighted by Gasteiger charge is -2.35. The first kappa shape index (κ1) is 28.0. The minimum absolute atomic E-state index is 0.105. The number of rotatable bonds is 10. The molecular formula is C32H36ClN3OS. The number of halogens is 1. The fourth-order valence-electron chi connectivity index (χ4n) is 4.37. The summed E-state index contributed by atoms with van der Waals surface area (Å²) in [5.74, 6) is 0.105. The van der Waals surface area contributed by atoms with Gasteiger partial charge in [0.1, 0.15) is 0 Å². The van der Waals surface area contributed by atoms with Crippen LogP contribution in [-0.2, 0) is 6.54 Å². The average molecular weight is 546 g/mol. The van der Waals surface area contributed by atoms with Gasteiger partial charge in [-0.05, 0) is 85.0 Å². The van der Waals surface area contributed by atoms with Gasteiger partial charge in [0.05, 0.1) is 6.54 Å². The molecule has 3 aromatic carbocycles. The van der Waals surface area contributed by atoms with Gasteiger partial charge in [-0.25, -0.2) is 0 Å². The fourth-order valence-corrected chi connectivity index (χ4v) is 5.47. The van der Waals surface area contributed by atoms with Crippen molar-refractivity contribution in [3.05, 3.63) is 119 Å². The van der Waals surface area contributed by atoms with Crippen LogP contribution < -0.4 is 4.31 Å². The number of anilines is 1. The van der Waals surface area contributed by atoms with E-state index in [1.807, 2.05) is 59.5 Å². The van der Waals surface area contributed by atoms with Gasteiger partial charge in [0, 0.05) is 53.9 Å². The molecule has 1 saturated heterocycles. The van der Waals surface area contributed by atoms with E-state index in [1.54, 1.807) is 11.9 Å². The van der Waals surface area contributed by atoms with Crippen molar-refractivity contribution in [3.63, 3.8) is 0 Å². The molecule has 0 atom stereocenters. The molecule has 6 heteroatoms. The van der Waals surface area contributed by atoms with Gasteiger partial charge >= 0.3 is 0 Å². The third kappa shape index (κ3) is 8.00. The Bertz CT molecular complexity index is 1220. The number of benzene rings is 3. The van der Waals surface area contributed by atoms with E-state index in [4.69, 9.17) is 11.6 Å². The molecule has 0 unspecified atom stereocenters. The summed E-state index contributed by atoms with van der Waals surface area (Å²) in [5, 5.41) is 0.732. The minimum atomic E-state index is 0.105. The maximum atomic E-state index is 13.3. The van der Waals surface area contributed by atoms with Gasteiger partial charge in [0.15, 0.2) is 0 Å². The monoisotopic (exact) mass is 545 g/mol. The molecule has 1 aliphatic rings. The Balaban J connectivity index is 1.40. The van der Waals surface area contributed by atoms with E-state index in [0.29, 0.717) is 6.54 Å². The van der Waals surface area contributed by atoms with Crippen molar-refractivity contribution in [1.82, 2.24) is 9.80 Å². The van der Waals surface area contributed by atoms with Gasteiger partial charge in [0.25, 0.3) is 5.91 Å². The molecule has 1 aliphatic heterocycles. The predicted molar refractivity (Wildman–Crippen MR) is 162 cm³/mol. The van der Waals surface area contributed by atoms with Crippen molar-refractivity contribution in [2.24, 2.45) is 0 Å². The van der Waals surface area contributed by atoms with Crippen LogP contribution in [0.1, 0.15) is 36.2 Å². The highest BCUT2D eigenvalue weighted by Gasteiger charge is 2.22. The Kier molecular flexibility index (Phi) is 10.5. The van der Waals surface area contributed by atoms with E-state index >= 15 is 0 Å². The third-order valence-electron chi connectivity index (χ3n) is 6.60. The standard InChI is InChI=1S/C32H36ClN3OS/c1-3-5-9-26(4-2)24-34-20-22-35(23-21-34)32(37)28-14-18-30(19-15-28)36(38-31-10-7-6-8-11-31)25-27-12-16-29(33)17-13-27/h4-19H,3,20-25H2,1-2H3/b9-5-,26-4+. The summed E-state index contributed by atoms with van der Waals surface area (Å²) in [5.41, 5.74) is 4.29. The SMILES string of the molecule is C/C=C(\C=C/CC)CN1CCN(C(=O)c2ccc(N(Cc3ccc(Cl)cc3)Sc3ccccc3)cc2)CC1. The highest BCUT2D eigenvalue weighted by atomic mass is 35.5. The molecule has 0 aliphatic carbocycles. The molecular weight excluding hydrogens is 510 g/mol. The minimum Gasteiger partial charge on any atom is -0.336 e. The predicted octanol–water partition coefficient (Wildman–Crippen LogP) is 7.72. The van der Waals surface area contributed by atoms with Gasteiger partial charge < -0.3 is 9.21 Å². The zero-order chi connectivity index (χ0) is 26.7. The molecule has 0 radical (unpaired) electrons. The van der Waals surface area contributed by atoms with Crippen LogP contribution in [0.3, 0.4) is 0 Å². The van der Waals surface area contributed by atoms with Crippen molar-refractivity contribution < 1.29 is 4.79 Å². The van der Waals surface area contributed by atoms with Crippen LogP contribution in [0.2, 0.25) is 5.02 Å². The zero-order valence-corrected chi connectivity index (χ0v) is 23.8. The van der Waals surface area contributed by atoms with E-state index < -0.39 is 0 Å². The van der Waals surface area contributed by atoms with Crippen LogP contribution in [0.25, 0.3) is 0 Å². The molecule has 0 saturated carbocycles. The van der Waals surface area contributed by atoms with Gasteiger partial charge in [-0.1, -0.05) is 67.1 Å². The number of piperazine rings is 1. The summed E-state index contributed by atoms with van der Waals surface area (Å²) in [6.07, 6.45) is 7.64. The number of allylic oxidation sites excluding steroid dienone is 2. The lowest BCUT2D eigenvalue weighted by molar-refractivity contribution is 0.0648. The van der Waals surface area contributed by atoms with Crippen molar-refractivity contribution >= 4 is 35.1 Å². The lowest BCUT2D eigenvalue weighted by Crippen LogP contribution is -2.49. The first-order valence-corrected chi connectivity index (χ1v) is 14.4. The first-order valence-electron chi connectivity index (χ1n) is 13.2. The topological polar surface area (TPSA) is 26.8 Å². The first-order chi connectivity index (χ1) is 18.6. The van der Waals surface area contributed by atoms with Crippen molar-refractivity contribution in [1.29, 1.82) is 0 Å². The van der Waals surface area contributed by atoms with Crippen LogP contribution in [0, 0.1) is 0 Å². The lowest BCUT2D eigenvalue weighted by atomic mass is 10.1. The van der Waals surface area contributed by atoms with E-state index in [9.17, 15) is 4.79 Å². The Hall–Kier alpha value is -2.99. The van der Waals surface area contributed by atoms with Crippen LogP contribution in [0.15, 0.2) is 108 Å². The molecule has 38 heavy (non-hydrogen) atoms. The van der Waals surface area contributed by atoms with Gasteiger partial charge in [0.2, 0.25) is 0 Å². The maximum absolute atomic E-state index is 13.3. The summed E-state index contributed by atoms with van der Waals surface area (Å²) < 4.78 is 2.25. The van der Waals surface area contributed by atoms with Crippen LogP contribution >= 0.6 is 23.5 Å². The fraction of sp³-hybridized carbons (Fsp3) is 0.281. The van der Waals surface area contributed by atoms with E-state index in [-0.39, 0.29) is 5.91 Å². The summed E-state index contributed by atoms with van der Waals surface area (Å²) in [6.45, 7) is 9.18. The molecule has 0 spiro atoms. The smallest absolute Gasteiger partial charge is 0.253 e. The second kappa shape index (κ2) is 14.2. The van der Waals surface area contributed by atoms with Crippen molar-refractivity contribution in [2.75, 3.05) is 37.0 Å². The Morgan fingerprint density at radius 2 is 1.63 bits per heavy atom. The van der Waals surface area contributed by atoms with Gasteiger partial charge in [-0.3, -0.25) is 9.69 Å². The molecule has 0 bridgehead atoms. The Morgan fingerprint density at radius 3 is 2.26 bits per heavy atom. The van der Waals surface area contributed by atoms with E-state index in [0.717, 1.165) is 60.3 Å². The second-order valence-corrected chi connectivity index (χ2v) is 10.9. The molecule has 1 heterocycles. The zero-order valence-electron chi connectivity index (χ0n) is 22.2. The summed E-state index contributed by atoms with van der Waals surface area (Å²) in [6, 6.07) is 26.3. The Morgan fingerprint density at radius 1 is 0.947 bits per heavy atom. The number of carbonyl (C=O) groups is 1. The number of nitrogens with zero attached hydrogens (tertiary/aromatic N) is 3. The van der Waals surface area contributed by atoms with Gasteiger partial charge in [-0.15, -0.1) is 0 Å². The van der Waals surface area contributed by atoms with Crippen molar-refractivity contribution in [2.45, 2.75) is 31.7 Å². The molecule has 198 valence electrons. The second-order valence-electron chi connectivity index (χ2n) is 9.36. The molecule has 3 aromatic rings.